The van der Waals surface area contributed by atoms with E-state index in [1.54, 1.807) is 32.0 Å². The van der Waals surface area contributed by atoms with Crippen LogP contribution in [0.25, 0.3) is 0 Å². The maximum Gasteiger partial charge on any atom is 0.256 e. The molecule has 0 radical (unpaired) electrons. The predicted octanol–water partition coefficient (Wildman–Crippen LogP) is 2.86. The minimum atomic E-state index is -3.88. The van der Waals surface area contributed by atoms with Gasteiger partial charge in [-0.3, -0.25) is 9.59 Å². The Morgan fingerprint density at radius 2 is 1.74 bits per heavy atom. The van der Waals surface area contributed by atoms with E-state index in [-0.39, 0.29) is 47.2 Å². The number of carbonyl (C=O) groups is 2. The number of hydrogen-bond donors (Lipinski definition) is 2. The van der Waals surface area contributed by atoms with E-state index < -0.39 is 21.7 Å². The van der Waals surface area contributed by atoms with E-state index in [0.29, 0.717) is 31.4 Å². The van der Waals surface area contributed by atoms with E-state index in [9.17, 15) is 26.8 Å². The zero-order valence-corrected chi connectivity index (χ0v) is 20.0. The van der Waals surface area contributed by atoms with Gasteiger partial charge in [-0.1, -0.05) is 18.2 Å². The molecule has 1 aliphatic heterocycles. The lowest BCUT2D eigenvalue weighted by molar-refractivity contribution is -0.126. The first kappa shape index (κ1) is 25.8. The fraction of sp³-hybridized carbons (Fsp3) is 0.417. The summed E-state index contributed by atoms with van der Waals surface area (Å²) in [4.78, 5) is 26.6. The molecule has 1 aliphatic rings. The van der Waals surface area contributed by atoms with Gasteiger partial charge < -0.3 is 10.2 Å². The van der Waals surface area contributed by atoms with Crippen molar-refractivity contribution in [3.05, 3.63) is 65.2 Å². The molecule has 0 saturated carbocycles. The van der Waals surface area contributed by atoms with E-state index in [1.165, 1.54) is 11.0 Å². The average Bonchev–Trinajstić information content (AvgIpc) is 2.79. The third-order valence-electron chi connectivity index (χ3n) is 5.67. The lowest BCUT2D eigenvalue weighted by atomic mass is 9.95. The molecule has 0 spiro atoms. The van der Waals surface area contributed by atoms with Gasteiger partial charge in [0.1, 0.15) is 11.6 Å². The standard InChI is InChI=1S/C24H29F2N3O4S/c1-16(2)28-34(32,33)19-7-8-22(26)20(15-19)24(31)29-13-10-18(11-14-29)23(30)27-12-9-17-5-3-4-6-21(17)25/h3-8,15-16,18,28H,9-14H2,1-2H3,(H,27,30). The van der Waals surface area contributed by atoms with Crippen LogP contribution in [0.15, 0.2) is 47.4 Å². The Hall–Kier alpha value is -2.85. The normalized spacial score (nSPS) is 14.9. The van der Waals surface area contributed by atoms with Gasteiger partial charge in [0.2, 0.25) is 15.9 Å². The summed E-state index contributed by atoms with van der Waals surface area (Å²) < 4.78 is 55.3. The zero-order chi connectivity index (χ0) is 24.9. The van der Waals surface area contributed by atoms with Gasteiger partial charge in [0.25, 0.3) is 5.91 Å². The fourth-order valence-corrected chi connectivity index (χ4v) is 5.17. The number of carbonyl (C=O) groups excluding carboxylic acids is 2. The highest BCUT2D eigenvalue weighted by atomic mass is 32.2. The molecule has 1 heterocycles. The molecule has 0 bridgehead atoms. The second-order valence-corrected chi connectivity index (χ2v) is 10.3. The molecule has 3 rings (SSSR count). The van der Waals surface area contributed by atoms with Crippen molar-refractivity contribution in [1.29, 1.82) is 0 Å². The number of nitrogens with one attached hydrogen (secondary N) is 2. The SMILES string of the molecule is CC(C)NS(=O)(=O)c1ccc(F)c(C(=O)N2CCC(C(=O)NCCc3ccccc3F)CC2)c1. The van der Waals surface area contributed by atoms with Crippen molar-refractivity contribution >= 4 is 21.8 Å². The Balaban J connectivity index is 1.56. The summed E-state index contributed by atoms with van der Waals surface area (Å²) >= 11 is 0. The van der Waals surface area contributed by atoms with Gasteiger partial charge in [0, 0.05) is 31.6 Å². The van der Waals surface area contributed by atoms with E-state index >= 15 is 0 Å². The second kappa shape index (κ2) is 11.1. The number of piperidine rings is 1. The van der Waals surface area contributed by atoms with Gasteiger partial charge in [-0.2, -0.15) is 0 Å². The predicted molar refractivity (Wildman–Crippen MR) is 124 cm³/mol. The van der Waals surface area contributed by atoms with Crippen molar-refractivity contribution in [2.24, 2.45) is 5.92 Å². The van der Waals surface area contributed by atoms with Crippen LogP contribution in [0, 0.1) is 17.6 Å². The van der Waals surface area contributed by atoms with Crippen LogP contribution in [-0.2, 0) is 21.2 Å². The highest BCUT2D eigenvalue weighted by Gasteiger charge is 2.29. The molecule has 1 fully saturated rings. The number of benzene rings is 2. The van der Waals surface area contributed by atoms with Gasteiger partial charge in [-0.15, -0.1) is 0 Å². The van der Waals surface area contributed by atoms with Crippen LogP contribution in [-0.4, -0.2) is 50.8 Å². The van der Waals surface area contributed by atoms with Crippen molar-refractivity contribution in [2.75, 3.05) is 19.6 Å². The van der Waals surface area contributed by atoms with Gasteiger partial charge in [0.15, 0.2) is 0 Å². The monoisotopic (exact) mass is 493 g/mol. The molecular weight excluding hydrogens is 464 g/mol. The number of amides is 2. The molecule has 0 aliphatic carbocycles. The van der Waals surface area contributed by atoms with Gasteiger partial charge in [-0.05, 0) is 62.9 Å². The molecule has 0 unspecified atom stereocenters. The molecule has 7 nitrogen and oxygen atoms in total. The number of halogens is 2. The van der Waals surface area contributed by atoms with Crippen LogP contribution in [0.4, 0.5) is 8.78 Å². The molecule has 2 amide bonds. The Morgan fingerprint density at radius 3 is 2.38 bits per heavy atom. The van der Waals surface area contributed by atoms with Gasteiger partial charge in [-0.25, -0.2) is 21.9 Å². The Kier molecular flexibility index (Phi) is 8.37. The summed E-state index contributed by atoms with van der Waals surface area (Å²) in [5, 5.41) is 2.81. The van der Waals surface area contributed by atoms with Crippen LogP contribution in [0.5, 0.6) is 0 Å². The highest BCUT2D eigenvalue weighted by Crippen LogP contribution is 2.22. The summed E-state index contributed by atoms with van der Waals surface area (Å²) in [5.74, 6) is -2.20. The highest BCUT2D eigenvalue weighted by molar-refractivity contribution is 7.89. The van der Waals surface area contributed by atoms with Crippen LogP contribution < -0.4 is 10.0 Å². The number of hydrogen-bond acceptors (Lipinski definition) is 4. The fourth-order valence-electron chi connectivity index (χ4n) is 3.89. The van der Waals surface area contributed by atoms with Crippen LogP contribution in [0.1, 0.15) is 42.6 Å². The minimum absolute atomic E-state index is 0.164. The first-order valence-corrected chi connectivity index (χ1v) is 12.7. The molecule has 1 saturated heterocycles. The lowest BCUT2D eigenvalue weighted by Crippen LogP contribution is -2.43. The first-order chi connectivity index (χ1) is 16.1. The van der Waals surface area contributed by atoms with E-state index in [1.807, 2.05) is 0 Å². The minimum Gasteiger partial charge on any atom is -0.356 e. The van der Waals surface area contributed by atoms with Crippen molar-refractivity contribution in [1.82, 2.24) is 14.9 Å². The molecule has 34 heavy (non-hydrogen) atoms. The largest absolute Gasteiger partial charge is 0.356 e. The third kappa shape index (κ3) is 6.38. The van der Waals surface area contributed by atoms with Gasteiger partial charge in [0.05, 0.1) is 10.5 Å². The smallest absolute Gasteiger partial charge is 0.256 e. The van der Waals surface area contributed by atoms with Gasteiger partial charge >= 0.3 is 0 Å². The number of likely N-dealkylation sites (tertiary alicyclic amines) is 1. The van der Waals surface area contributed by atoms with E-state index in [4.69, 9.17) is 0 Å². The molecule has 2 N–H and O–H groups in total. The summed E-state index contributed by atoms with van der Waals surface area (Å²) in [6, 6.07) is 9.17. The summed E-state index contributed by atoms with van der Waals surface area (Å²) in [6.45, 7) is 4.10. The van der Waals surface area contributed by atoms with Crippen LogP contribution >= 0.6 is 0 Å². The van der Waals surface area contributed by atoms with E-state index in [0.717, 1.165) is 18.2 Å². The molecule has 0 aromatic heterocycles. The zero-order valence-electron chi connectivity index (χ0n) is 19.2. The number of sulfonamides is 1. The van der Waals surface area contributed by atoms with Crippen molar-refractivity contribution in [2.45, 2.75) is 44.0 Å². The Bertz CT molecular complexity index is 1150. The quantitative estimate of drug-likeness (QED) is 0.591. The number of rotatable bonds is 8. The Labute approximate surface area is 198 Å². The Morgan fingerprint density at radius 1 is 1.06 bits per heavy atom. The summed E-state index contributed by atoms with van der Waals surface area (Å²) in [6.07, 6.45) is 1.16. The molecule has 2 aromatic carbocycles. The number of nitrogens with zero attached hydrogens (tertiary/aromatic N) is 1. The average molecular weight is 494 g/mol. The molecular formula is C24H29F2N3O4S. The topological polar surface area (TPSA) is 95.6 Å². The van der Waals surface area contributed by atoms with E-state index in [2.05, 4.69) is 10.0 Å². The van der Waals surface area contributed by atoms with Crippen LogP contribution in [0.2, 0.25) is 0 Å². The van der Waals surface area contributed by atoms with Crippen molar-refractivity contribution in [3.8, 4) is 0 Å². The maximum absolute atomic E-state index is 14.4. The van der Waals surface area contributed by atoms with Crippen molar-refractivity contribution < 1.29 is 26.8 Å². The van der Waals surface area contributed by atoms with Crippen molar-refractivity contribution in [3.63, 3.8) is 0 Å². The summed E-state index contributed by atoms with van der Waals surface area (Å²) in [5.41, 5.74) is 0.206. The molecule has 0 atom stereocenters. The summed E-state index contributed by atoms with van der Waals surface area (Å²) in [7, 11) is -3.88. The molecule has 10 heteroatoms. The molecule has 184 valence electrons. The third-order valence-corrected chi connectivity index (χ3v) is 7.33. The first-order valence-electron chi connectivity index (χ1n) is 11.2. The lowest BCUT2D eigenvalue weighted by Gasteiger charge is -2.31. The maximum atomic E-state index is 14.4. The van der Waals surface area contributed by atoms with Crippen LogP contribution in [0.3, 0.4) is 0 Å². The molecule has 2 aromatic rings. The second-order valence-electron chi connectivity index (χ2n) is 8.62.